The van der Waals surface area contributed by atoms with E-state index in [9.17, 15) is 104 Å². The van der Waals surface area contributed by atoms with E-state index in [1.54, 1.807) is 0 Å². The van der Waals surface area contributed by atoms with Gasteiger partial charge in [0.2, 0.25) is 0 Å². The predicted octanol–water partition coefficient (Wildman–Crippen LogP) is 8.77. The van der Waals surface area contributed by atoms with Crippen LogP contribution in [0, 0.1) is 0 Å². The lowest BCUT2D eigenvalue weighted by Crippen LogP contribution is -2.35. The van der Waals surface area contributed by atoms with E-state index in [1.165, 1.54) is 4.85 Å². The standard InChI is InChI=1S/C11H16N5O.6BF4/c1-14(2)11(15(3)4)17-16-10-8-6-5-7-9(10)12-13-16;6*2-1(3,4)5/h5-8H,1-4H3;;;;;;/q+1;6*-1. The van der Waals surface area contributed by atoms with Crippen LogP contribution in [0.4, 0.5) is 108 Å². The van der Waals surface area contributed by atoms with Gasteiger partial charge in [0.05, 0.1) is 0 Å². The van der Waals surface area contributed by atoms with Crippen molar-refractivity contribution in [2.75, 3.05) is 28.2 Å². The number of urea groups is 1. The zero-order valence-electron chi connectivity index (χ0n) is 23.0. The third-order valence-corrected chi connectivity index (χ3v) is 2.25. The molecular formula is C11H16B6F24N5O-5. The summed E-state index contributed by atoms with van der Waals surface area (Å²) in [6.45, 7) is 0. The molecule has 2 aromatic rings. The van der Waals surface area contributed by atoms with Crippen LogP contribution in [0.25, 0.3) is 11.0 Å². The molecule has 0 radical (unpaired) electrons. The van der Waals surface area contributed by atoms with Gasteiger partial charge in [-0.1, -0.05) is 12.1 Å². The van der Waals surface area contributed by atoms with E-state index in [2.05, 4.69) is 10.3 Å². The minimum Gasteiger partial charge on any atom is -0.418 e. The fourth-order valence-electron chi connectivity index (χ4n) is 1.56. The highest BCUT2D eigenvalue weighted by atomic mass is 19.5. The van der Waals surface area contributed by atoms with Crippen LogP contribution < -0.4 is 0 Å². The Kier molecular flexibility index (Phi) is 25.1. The lowest BCUT2D eigenvalue weighted by Gasteiger charge is -2.10. The summed E-state index contributed by atoms with van der Waals surface area (Å²) in [5, 5.41) is 8.00. The molecule has 36 heteroatoms. The molecule has 2 rings (SSSR count). The number of halogens is 24. The minimum absolute atomic E-state index is 0.681. The second-order valence-electron chi connectivity index (χ2n) is 7.08. The van der Waals surface area contributed by atoms with Crippen molar-refractivity contribution in [2.45, 2.75) is 0 Å². The van der Waals surface area contributed by atoms with Crippen LogP contribution in [0.2, 0.25) is 0 Å². The van der Waals surface area contributed by atoms with Crippen molar-refractivity contribution in [3.8, 4) is 0 Å². The molecule has 0 saturated heterocycles. The summed E-state index contributed by atoms with van der Waals surface area (Å²) in [4.78, 5) is 5.16. The number of rotatable bonds is 1. The first-order chi connectivity index (χ1) is 20.1. The van der Waals surface area contributed by atoms with Gasteiger partial charge in [0.1, 0.15) is 10.4 Å². The van der Waals surface area contributed by atoms with Crippen molar-refractivity contribution in [1.29, 1.82) is 0 Å². The summed E-state index contributed by atoms with van der Waals surface area (Å²) in [5.41, 5.74) is 1.65. The van der Waals surface area contributed by atoms with E-state index >= 15 is 0 Å². The monoisotopic (exact) mass is 756 g/mol. The van der Waals surface area contributed by atoms with E-state index in [0.29, 0.717) is 6.03 Å². The van der Waals surface area contributed by atoms with E-state index in [4.69, 9.17) is 4.53 Å². The Morgan fingerprint density at radius 1 is 0.489 bits per heavy atom. The number of para-hydroxylation sites is 1. The van der Waals surface area contributed by atoms with Crippen molar-refractivity contribution in [2.24, 2.45) is 0 Å². The highest BCUT2D eigenvalue weighted by Crippen LogP contribution is 2.12. The molecule has 0 bridgehead atoms. The third kappa shape index (κ3) is 85.8. The van der Waals surface area contributed by atoms with Crippen LogP contribution in [-0.4, -0.2) is 103 Å². The lowest BCUT2D eigenvalue weighted by atomic mass is 10.3. The van der Waals surface area contributed by atoms with Gasteiger partial charge in [-0.25, -0.2) is 0 Å². The van der Waals surface area contributed by atoms with Crippen LogP contribution in [0.15, 0.2) is 24.3 Å². The maximum Gasteiger partial charge on any atom is 0.673 e. The molecule has 2 amide bonds. The van der Waals surface area contributed by atoms with Crippen LogP contribution in [0.5, 0.6) is 0 Å². The van der Waals surface area contributed by atoms with Gasteiger partial charge in [-0.15, -0.1) is 5.10 Å². The molecule has 0 aliphatic carbocycles. The highest BCUT2D eigenvalue weighted by Gasteiger charge is 2.24. The fraction of sp³-hybridized carbons (Fsp3) is 0.364. The SMILES string of the molecule is CN(C)C(=[O+]n1nnc2ccccc21)N(C)C.F[B-](F)(F)F.F[B-](F)(F)F.F[B-](F)(F)F.F[B-](F)(F)F.F[B-](F)(F)F.F[B-](F)(F)F. The summed E-state index contributed by atoms with van der Waals surface area (Å²) in [5.74, 6) is 0. The number of hydrogen-bond acceptors (Lipinski definition) is 2. The van der Waals surface area contributed by atoms with Gasteiger partial charge >= 0.3 is 49.6 Å². The van der Waals surface area contributed by atoms with Crippen LogP contribution in [0.1, 0.15) is 0 Å². The molecule has 0 unspecified atom stereocenters. The number of hydrogen-bond donors (Lipinski definition) is 0. The second kappa shape index (κ2) is 22.2. The first-order valence-corrected chi connectivity index (χ1v) is 10.5. The molecule has 1 heterocycles. The van der Waals surface area contributed by atoms with Crippen LogP contribution in [0.3, 0.4) is 0 Å². The normalized spacial score (nSPS) is 11.4. The largest absolute Gasteiger partial charge is 0.673 e. The molecule has 0 fully saturated rings. The molecule has 1 aromatic heterocycles. The molecule has 6 nitrogen and oxygen atoms in total. The van der Waals surface area contributed by atoms with Gasteiger partial charge in [0.15, 0.2) is 5.52 Å². The number of benzene rings is 1. The average molecular weight is 755 g/mol. The molecule has 47 heavy (non-hydrogen) atoms. The lowest BCUT2D eigenvalue weighted by molar-refractivity contribution is -0.244. The summed E-state index contributed by atoms with van der Waals surface area (Å²) < 4.78 is 240. The summed E-state index contributed by atoms with van der Waals surface area (Å²) in [6.07, 6.45) is 0. The Labute approximate surface area is 247 Å². The van der Waals surface area contributed by atoms with E-state index < -0.39 is 43.5 Å². The summed E-state index contributed by atoms with van der Waals surface area (Å²) >= 11 is 0. The van der Waals surface area contributed by atoms with Crippen LogP contribution >= 0.6 is 0 Å². The Bertz CT molecular complexity index is 954. The first-order valence-electron chi connectivity index (χ1n) is 10.5. The third-order valence-electron chi connectivity index (χ3n) is 2.25. The first kappa shape index (κ1) is 53.1. The molecule has 0 saturated carbocycles. The van der Waals surface area contributed by atoms with Crippen molar-refractivity contribution in [3.63, 3.8) is 0 Å². The van der Waals surface area contributed by atoms with Crippen molar-refractivity contribution < 1.29 is 108 Å². The van der Waals surface area contributed by atoms with Gasteiger partial charge in [0.25, 0.3) is 0 Å². The number of aromatic nitrogens is 3. The Morgan fingerprint density at radius 2 is 0.723 bits per heavy atom. The maximum atomic E-state index is 9.75. The quantitative estimate of drug-likeness (QED) is 0.166. The molecule has 0 N–H and O–H groups in total. The van der Waals surface area contributed by atoms with E-state index in [1.807, 2.05) is 62.3 Å². The molecule has 0 aliphatic rings. The average Bonchev–Trinajstić information content (AvgIpc) is 3.07. The van der Waals surface area contributed by atoms with Gasteiger partial charge in [-0.3, -0.25) is 9.80 Å². The number of nitrogens with zero attached hydrogens (tertiary/aromatic N) is 5. The number of amides is 2. The van der Waals surface area contributed by atoms with Crippen molar-refractivity contribution in [1.82, 2.24) is 25.0 Å². The van der Waals surface area contributed by atoms with Gasteiger partial charge in [0, 0.05) is 33.4 Å². The highest BCUT2D eigenvalue weighted by molar-refractivity contribution is 6.51. The molecule has 0 aliphatic heterocycles. The smallest absolute Gasteiger partial charge is 0.418 e. The maximum absolute atomic E-state index is 9.75. The molecule has 282 valence electrons. The topological polar surface area (TPSA) is 48.5 Å². The van der Waals surface area contributed by atoms with Gasteiger partial charge in [-0.05, 0) is 16.7 Å². The van der Waals surface area contributed by atoms with Gasteiger partial charge < -0.3 is 104 Å². The van der Waals surface area contributed by atoms with Crippen molar-refractivity contribution in [3.05, 3.63) is 24.3 Å². The molecular weight excluding hydrogens is 739 g/mol. The zero-order chi connectivity index (χ0) is 39.4. The molecule has 1 aromatic carbocycles. The van der Waals surface area contributed by atoms with E-state index in [-0.39, 0.29) is 0 Å². The zero-order valence-corrected chi connectivity index (χ0v) is 23.0. The Morgan fingerprint density at radius 3 is 0.957 bits per heavy atom. The Balaban J connectivity index is -0.000000164. The number of carbonyl (C=O) groups excluding carboxylic acids is 1. The minimum atomic E-state index is -6.00. The van der Waals surface area contributed by atoms with Crippen molar-refractivity contribution >= 4 is 60.6 Å². The van der Waals surface area contributed by atoms with Gasteiger partial charge in [-0.2, -0.15) is 0 Å². The summed E-state index contributed by atoms with van der Waals surface area (Å²) in [7, 11) is -28.4. The van der Waals surface area contributed by atoms with E-state index in [0.717, 1.165) is 11.0 Å². The fourth-order valence-corrected chi connectivity index (χ4v) is 1.56. The van der Waals surface area contributed by atoms with Crippen LogP contribution in [-0.2, 0) is 0 Å². The molecule has 0 spiro atoms. The Hall–Kier alpha value is -3.40. The summed E-state index contributed by atoms with van der Waals surface area (Å²) in [6, 6.07) is 8.34. The number of fused-ring (bicyclic) bond motifs is 1. The second-order valence-corrected chi connectivity index (χ2v) is 7.08. The predicted molar refractivity (Wildman–Crippen MR) is 127 cm³/mol. The molecule has 0 atom stereocenters.